The minimum Gasteiger partial charge on any atom is -0.370 e. The zero-order chi connectivity index (χ0) is 8.15. The zero-order valence-electron chi connectivity index (χ0n) is 5.96. The summed E-state index contributed by atoms with van der Waals surface area (Å²) in [6.07, 6.45) is 0.533. The van der Waals surface area contributed by atoms with Crippen LogP contribution in [0.25, 0.3) is 0 Å². The molecule has 1 amide bonds. The van der Waals surface area contributed by atoms with Crippen LogP contribution in [0.1, 0.15) is 19.8 Å². The van der Waals surface area contributed by atoms with Gasteiger partial charge in [-0.15, -0.1) is 0 Å². The van der Waals surface area contributed by atoms with Gasteiger partial charge in [-0.1, -0.05) is 0 Å². The monoisotopic (exact) mass is 146 g/mol. The second-order valence-electron chi connectivity index (χ2n) is 2.22. The number of amides is 1. The van der Waals surface area contributed by atoms with Crippen molar-refractivity contribution in [2.45, 2.75) is 25.8 Å². The molecule has 58 valence electrons. The van der Waals surface area contributed by atoms with E-state index < -0.39 is 11.9 Å². The zero-order valence-corrected chi connectivity index (χ0v) is 5.96. The Morgan fingerprint density at radius 2 is 2.00 bits per heavy atom. The van der Waals surface area contributed by atoms with E-state index in [0.29, 0.717) is 6.42 Å². The smallest absolute Gasteiger partial charge is 0.217 e. The Morgan fingerprint density at radius 3 is 2.30 bits per heavy atom. The number of nitrogens with two attached hydrogens (primary N) is 2. The quantitative estimate of drug-likeness (QED) is 0.401. The van der Waals surface area contributed by atoms with Gasteiger partial charge in [-0.2, -0.15) is 0 Å². The second-order valence-corrected chi connectivity index (χ2v) is 2.22. The van der Waals surface area contributed by atoms with Crippen LogP contribution in [0.4, 0.5) is 0 Å². The minimum atomic E-state index is -0.535. The fraction of sp³-hybridized carbons (Fsp3) is 0.667. The molecule has 0 saturated carbocycles. The number of Topliss-reactive ketones (excluding diaryl/α,β-unsaturated/α-hetero) is 1. The summed E-state index contributed by atoms with van der Waals surface area (Å²) in [6, 6.07) is -0.535. The van der Waals surface area contributed by atoms with Crippen molar-refractivity contribution in [2.75, 3.05) is 0 Å². The van der Waals surface area contributed by atoms with Crippen LogP contribution in [-0.4, -0.2) is 17.7 Å². The average molecular weight is 146 g/mol. The van der Waals surface area contributed by atoms with Crippen LogP contribution in [-0.2, 0) is 9.59 Å². The lowest BCUT2D eigenvalue weighted by atomic mass is 10.1. The second kappa shape index (κ2) is 4.00. The fourth-order valence-electron chi connectivity index (χ4n) is 0.501. The average Bonchev–Trinajstić information content (AvgIpc) is 1.82. The van der Waals surface area contributed by atoms with Crippen molar-refractivity contribution in [3.63, 3.8) is 0 Å². The molecule has 10 heavy (non-hydrogen) atoms. The first kappa shape index (κ1) is 9.10. The lowest BCUT2D eigenvalue weighted by Gasteiger charge is -2.03. The van der Waals surface area contributed by atoms with Gasteiger partial charge >= 0.3 is 0 Å². The van der Waals surface area contributed by atoms with E-state index >= 15 is 0 Å². The minimum absolute atomic E-state index is 0.110. The van der Waals surface area contributed by atoms with Crippen molar-refractivity contribution >= 4 is 11.7 Å². The topological polar surface area (TPSA) is 86.2 Å². The number of hydrogen-bond acceptors (Lipinski definition) is 3. The molecule has 0 aromatic rings. The predicted molar refractivity (Wildman–Crippen MR) is 37.1 cm³/mol. The maximum atomic E-state index is 10.5. The molecule has 0 rings (SSSR count). The van der Waals surface area contributed by atoms with Gasteiger partial charge < -0.3 is 11.5 Å². The third kappa shape index (κ3) is 4.03. The van der Waals surface area contributed by atoms with Crippen molar-refractivity contribution in [3.8, 4) is 0 Å². The summed E-state index contributed by atoms with van der Waals surface area (Å²) in [4.78, 5) is 20.7. The molecule has 0 aliphatic rings. The predicted octanol–water partition coefficient (Wildman–Crippen LogP) is -0.832. The van der Waals surface area contributed by atoms with Gasteiger partial charge in [-0.3, -0.25) is 9.59 Å². The van der Waals surface area contributed by atoms with E-state index in [9.17, 15) is 9.59 Å². The Balaban J connectivity index is 3.49. The van der Waals surface area contributed by atoms with Crippen molar-refractivity contribution in [1.82, 2.24) is 0 Å². The van der Waals surface area contributed by atoms with E-state index in [-0.39, 0.29) is 12.2 Å². The van der Waals surface area contributed by atoms with Gasteiger partial charge in [0.15, 0.2) is 0 Å². The molecule has 0 spiro atoms. The molecule has 0 aliphatic carbocycles. The largest absolute Gasteiger partial charge is 0.370 e. The summed E-state index contributed by atoms with van der Waals surface area (Å²) < 4.78 is 0. The first-order valence-electron chi connectivity index (χ1n) is 3.08. The molecule has 4 nitrogen and oxygen atoms in total. The molecule has 1 unspecified atom stereocenters. The third-order valence-corrected chi connectivity index (χ3v) is 1.22. The molecule has 0 bridgehead atoms. The van der Waals surface area contributed by atoms with Crippen LogP contribution in [0.5, 0.6) is 0 Å². The molecule has 0 aromatic heterocycles. The summed E-state index contributed by atoms with van der Waals surface area (Å²) in [6.45, 7) is 1.39. The summed E-state index contributed by atoms with van der Waals surface area (Å²) in [5, 5.41) is 0. The normalized spacial score (nSPS) is 12.6. The van der Waals surface area contributed by atoms with Crippen LogP contribution in [0.3, 0.4) is 0 Å². The Kier molecular flexibility index (Phi) is 3.64. The fourth-order valence-corrected chi connectivity index (χ4v) is 0.501. The van der Waals surface area contributed by atoms with E-state index in [4.69, 9.17) is 11.5 Å². The van der Waals surface area contributed by atoms with Gasteiger partial charge in [0.25, 0.3) is 0 Å². The van der Waals surface area contributed by atoms with E-state index in [1.165, 1.54) is 6.92 Å². The van der Waals surface area contributed by atoms with E-state index in [1.807, 2.05) is 0 Å². The highest BCUT2D eigenvalue weighted by atomic mass is 16.2. The number of hydrogen-bond donors (Lipinski definition) is 2. The van der Waals surface area contributed by atoms with Gasteiger partial charge in [0.1, 0.15) is 5.78 Å². The van der Waals surface area contributed by atoms with Gasteiger partial charge in [-0.05, 0) is 13.3 Å². The van der Waals surface area contributed by atoms with E-state index in [2.05, 4.69) is 0 Å². The highest BCUT2D eigenvalue weighted by Gasteiger charge is 2.08. The molecule has 0 aliphatic heterocycles. The Morgan fingerprint density at radius 1 is 1.50 bits per heavy atom. The molecule has 0 fully saturated rings. The molecule has 4 N–H and O–H groups in total. The van der Waals surface area contributed by atoms with Crippen molar-refractivity contribution in [1.29, 1.82) is 0 Å². The number of ketones is 1. The molecule has 0 aromatic carbocycles. The lowest BCUT2D eigenvalue weighted by molar-refractivity contribution is -0.119. The van der Waals surface area contributed by atoms with Crippen LogP contribution in [0.2, 0.25) is 0 Å². The van der Waals surface area contributed by atoms with Crippen molar-refractivity contribution in [3.05, 3.63) is 0 Å². The Bertz CT molecular complexity index is 145. The summed E-state index contributed by atoms with van der Waals surface area (Å²) >= 11 is 0. The third-order valence-electron chi connectivity index (χ3n) is 1.22. The van der Waals surface area contributed by atoms with Gasteiger partial charge in [0, 0.05) is 6.42 Å². The molecule has 1 atom stereocenters. The Labute approximate surface area is 59.6 Å². The highest BCUT2D eigenvalue weighted by Crippen LogP contribution is 1.93. The maximum absolute atomic E-state index is 10.5. The van der Waals surface area contributed by atoms with Gasteiger partial charge in [0.05, 0.1) is 6.04 Å². The van der Waals surface area contributed by atoms with Crippen LogP contribution < -0.4 is 11.5 Å². The summed E-state index contributed by atoms with van der Waals surface area (Å²) in [5.41, 5.74) is 10.1. The summed E-state index contributed by atoms with van der Waals surface area (Å²) in [5.74, 6) is -0.530. The van der Waals surface area contributed by atoms with Crippen LogP contribution >= 0.6 is 0 Å². The molecular weight excluding hydrogens is 134 g/mol. The van der Waals surface area contributed by atoms with Gasteiger partial charge in [0.2, 0.25) is 5.91 Å². The first-order valence-corrected chi connectivity index (χ1v) is 3.08. The molecule has 4 heteroatoms. The molecule has 0 saturated heterocycles. The van der Waals surface area contributed by atoms with E-state index in [0.717, 1.165) is 0 Å². The van der Waals surface area contributed by atoms with Crippen LogP contribution in [0, 0.1) is 0 Å². The highest BCUT2D eigenvalue weighted by molar-refractivity contribution is 5.82. The maximum Gasteiger partial charge on any atom is 0.217 e. The van der Waals surface area contributed by atoms with Crippen LogP contribution in [0.15, 0.2) is 0 Å². The van der Waals surface area contributed by atoms with Crippen molar-refractivity contribution < 1.29 is 9.59 Å². The SMILES string of the molecule is CC(=O)C(N)CC[13C]([15NH2])=O. The molecule has 0 radical (unpaired) electrons. The number of primary amides is 1. The Hall–Kier alpha value is -0.900. The standard InChI is InChI=1S/C6H12N2O2/c1-4(9)5(7)2-3-6(8)10/h5H,2-3,7H2,1H3,(H2,8,10)/i6+1,8+1. The van der Waals surface area contributed by atoms with Gasteiger partial charge in [-0.25, -0.2) is 0 Å². The number of carbonyl (C=O) groups excluding carboxylic acids is 2. The van der Waals surface area contributed by atoms with E-state index in [1.54, 1.807) is 0 Å². The molecular formula is C6H12N2O2. The van der Waals surface area contributed by atoms with Crippen molar-refractivity contribution in [2.24, 2.45) is 11.5 Å². The summed E-state index contributed by atoms with van der Waals surface area (Å²) in [7, 11) is 0. The first-order chi connectivity index (χ1) is 4.54. The number of rotatable bonds is 4. The molecule has 0 heterocycles. The number of carbonyl (C=O) groups is 2. The lowest BCUT2D eigenvalue weighted by Crippen LogP contribution is -2.29.